The Hall–Kier alpha value is -0.810. The van der Waals surface area contributed by atoms with Gasteiger partial charge in [0, 0.05) is 44.7 Å². The molecule has 2 heterocycles. The number of fused-ring (bicyclic) bond motifs is 1. The van der Waals surface area contributed by atoms with Crippen molar-refractivity contribution in [3.8, 4) is 0 Å². The Morgan fingerprint density at radius 2 is 1.74 bits per heavy atom. The molecule has 1 N–H and O–H groups in total. The topological polar surface area (TPSA) is 35.6 Å². The van der Waals surface area contributed by atoms with Gasteiger partial charge in [-0.15, -0.1) is 0 Å². The second-order valence-corrected chi connectivity index (χ2v) is 9.14. The first-order valence-corrected chi connectivity index (χ1v) is 11.0. The lowest BCUT2D eigenvalue weighted by atomic mass is 9.78. The molecule has 4 rings (SSSR count). The molecule has 0 radical (unpaired) electrons. The van der Waals surface area contributed by atoms with Crippen molar-refractivity contribution in [2.75, 3.05) is 32.7 Å². The van der Waals surface area contributed by atoms with Crippen LogP contribution in [0.2, 0.25) is 10.0 Å². The van der Waals surface area contributed by atoms with Gasteiger partial charge in [-0.1, -0.05) is 42.1 Å². The van der Waals surface area contributed by atoms with Crippen LogP contribution in [0.15, 0.2) is 18.2 Å². The Kier molecular flexibility index (Phi) is 6.28. The average molecular weight is 410 g/mol. The van der Waals surface area contributed by atoms with Gasteiger partial charge in [0.05, 0.1) is 10.0 Å². The molecule has 0 aromatic heterocycles. The van der Waals surface area contributed by atoms with Crippen LogP contribution in [-0.4, -0.2) is 54.5 Å². The van der Waals surface area contributed by atoms with Gasteiger partial charge in [0.15, 0.2) is 0 Å². The van der Waals surface area contributed by atoms with Gasteiger partial charge in [0.2, 0.25) is 5.91 Å². The summed E-state index contributed by atoms with van der Waals surface area (Å²) >= 11 is 12.1. The van der Waals surface area contributed by atoms with Crippen LogP contribution in [0.1, 0.15) is 37.7 Å². The maximum absolute atomic E-state index is 12.4. The fourth-order valence-corrected chi connectivity index (χ4v) is 5.36. The molecular formula is C21H29Cl2N3O. The number of hydrogen-bond acceptors (Lipinski definition) is 3. The van der Waals surface area contributed by atoms with Crippen LogP contribution in [0.4, 0.5) is 0 Å². The predicted octanol–water partition coefficient (Wildman–Crippen LogP) is 3.81. The number of nitrogens with one attached hydrogen (secondary N) is 1. The van der Waals surface area contributed by atoms with Crippen molar-refractivity contribution >= 4 is 29.1 Å². The summed E-state index contributed by atoms with van der Waals surface area (Å²) in [6, 6.07) is 6.36. The number of halogens is 2. The van der Waals surface area contributed by atoms with Crippen LogP contribution in [0.25, 0.3) is 0 Å². The third kappa shape index (κ3) is 4.61. The molecule has 2 saturated heterocycles. The van der Waals surface area contributed by atoms with Crippen LogP contribution in [0.3, 0.4) is 0 Å². The number of benzene rings is 1. The summed E-state index contributed by atoms with van der Waals surface area (Å²) in [6.07, 6.45) is 5.99. The highest BCUT2D eigenvalue weighted by molar-refractivity contribution is 6.42. The van der Waals surface area contributed by atoms with Crippen molar-refractivity contribution in [1.82, 2.24) is 15.1 Å². The van der Waals surface area contributed by atoms with Gasteiger partial charge >= 0.3 is 0 Å². The molecule has 1 aromatic rings. The average Bonchev–Trinajstić information content (AvgIpc) is 2.99. The van der Waals surface area contributed by atoms with E-state index in [1.165, 1.54) is 31.2 Å². The van der Waals surface area contributed by atoms with Gasteiger partial charge in [-0.05, 0) is 49.4 Å². The summed E-state index contributed by atoms with van der Waals surface area (Å²) in [4.78, 5) is 17.4. The first-order valence-electron chi connectivity index (χ1n) is 10.3. The quantitative estimate of drug-likeness (QED) is 0.802. The van der Waals surface area contributed by atoms with Crippen molar-refractivity contribution in [3.05, 3.63) is 33.8 Å². The molecule has 0 bridgehead atoms. The minimum absolute atomic E-state index is 0.240. The maximum atomic E-state index is 12.4. The molecule has 4 nitrogen and oxygen atoms in total. The van der Waals surface area contributed by atoms with Gasteiger partial charge in [0.25, 0.3) is 0 Å². The molecule has 1 aliphatic carbocycles. The number of nitrogens with zero attached hydrogens (tertiary/aromatic N) is 2. The monoisotopic (exact) mass is 409 g/mol. The Morgan fingerprint density at radius 1 is 1.00 bits per heavy atom. The zero-order valence-electron chi connectivity index (χ0n) is 15.8. The van der Waals surface area contributed by atoms with Gasteiger partial charge in [-0.3, -0.25) is 9.69 Å². The molecule has 3 unspecified atom stereocenters. The molecule has 0 spiro atoms. The highest BCUT2D eigenvalue weighted by atomic mass is 35.5. The summed E-state index contributed by atoms with van der Waals surface area (Å²) < 4.78 is 0. The zero-order chi connectivity index (χ0) is 18.8. The van der Waals surface area contributed by atoms with Crippen molar-refractivity contribution in [2.24, 2.45) is 11.8 Å². The minimum atomic E-state index is 0.240. The number of piperazine rings is 1. The third-order valence-electron chi connectivity index (χ3n) is 6.61. The highest BCUT2D eigenvalue weighted by Crippen LogP contribution is 2.37. The summed E-state index contributed by atoms with van der Waals surface area (Å²) in [5, 5.41) is 4.49. The largest absolute Gasteiger partial charge is 0.353 e. The lowest BCUT2D eigenvalue weighted by molar-refractivity contribution is -0.123. The SMILES string of the molecule is O=C1NC2CCCCC2C1CCN1CCN(Cc2ccc(Cl)c(Cl)c2)CC1. The van der Waals surface area contributed by atoms with E-state index in [2.05, 4.69) is 21.2 Å². The molecule has 3 fully saturated rings. The maximum Gasteiger partial charge on any atom is 0.223 e. The molecule has 6 heteroatoms. The van der Waals surface area contributed by atoms with Gasteiger partial charge in [-0.25, -0.2) is 0 Å². The molecule has 3 aliphatic rings. The van der Waals surface area contributed by atoms with Crippen molar-refractivity contribution in [3.63, 3.8) is 0 Å². The van der Waals surface area contributed by atoms with Crippen molar-refractivity contribution in [1.29, 1.82) is 0 Å². The van der Waals surface area contributed by atoms with E-state index in [9.17, 15) is 4.79 Å². The summed E-state index contributed by atoms with van der Waals surface area (Å²) in [5.41, 5.74) is 1.21. The zero-order valence-corrected chi connectivity index (χ0v) is 17.3. The summed E-state index contributed by atoms with van der Waals surface area (Å²) in [6.45, 7) is 6.22. The van der Waals surface area contributed by atoms with Gasteiger partial charge < -0.3 is 10.2 Å². The first-order chi connectivity index (χ1) is 13.1. The lowest BCUT2D eigenvalue weighted by Gasteiger charge is -2.35. The first kappa shape index (κ1) is 19.5. The van der Waals surface area contributed by atoms with Crippen LogP contribution < -0.4 is 5.32 Å². The number of rotatable bonds is 5. The van der Waals surface area contributed by atoms with E-state index in [-0.39, 0.29) is 5.92 Å². The highest BCUT2D eigenvalue weighted by Gasteiger charge is 2.42. The molecular weight excluding hydrogens is 381 g/mol. The van der Waals surface area contributed by atoms with E-state index in [0.29, 0.717) is 27.9 Å². The van der Waals surface area contributed by atoms with Gasteiger partial charge in [0.1, 0.15) is 0 Å². The van der Waals surface area contributed by atoms with E-state index in [1.54, 1.807) is 0 Å². The Morgan fingerprint density at radius 3 is 2.52 bits per heavy atom. The second-order valence-electron chi connectivity index (χ2n) is 8.32. The summed E-state index contributed by atoms with van der Waals surface area (Å²) in [5.74, 6) is 1.14. The molecule has 148 valence electrons. The number of amides is 1. The Labute approximate surface area is 172 Å². The number of carbonyl (C=O) groups is 1. The molecule has 1 saturated carbocycles. The number of hydrogen-bond donors (Lipinski definition) is 1. The molecule has 3 atom stereocenters. The Bertz CT molecular complexity index is 675. The number of carbonyl (C=O) groups excluding carboxylic acids is 1. The molecule has 2 aliphatic heterocycles. The van der Waals surface area contributed by atoms with E-state index in [0.717, 1.165) is 45.7 Å². The van der Waals surface area contributed by atoms with E-state index >= 15 is 0 Å². The third-order valence-corrected chi connectivity index (χ3v) is 7.35. The fourth-order valence-electron chi connectivity index (χ4n) is 5.04. The van der Waals surface area contributed by atoms with E-state index < -0.39 is 0 Å². The second kappa shape index (κ2) is 8.69. The molecule has 27 heavy (non-hydrogen) atoms. The Balaban J connectivity index is 1.22. The summed E-state index contributed by atoms with van der Waals surface area (Å²) in [7, 11) is 0. The van der Waals surface area contributed by atoms with Gasteiger partial charge in [-0.2, -0.15) is 0 Å². The molecule has 1 amide bonds. The van der Waals surface area contributed by atoms with Crippen molar-refractivity contribution < 1.29 is 4.79 Å². The smallest absolute Gasteiger partial charge is 0.223 e. The fraction of sp³-hybridized carbons (Fsp3) is 0.667. The van der Waals surface area contributed by atoms with Crippen LogP contribution in [-0.2, 0) is 11.3 Å². The normalized spacial score (nSPS) is 29.6. The predicted molar refractivity (Wildman–Crippen MR) is 110 cm³/mol. The van der Waals surface area contributed by atoms with Crippen LogP contribution in [0, 0.1) is 11.8 Å². The van der Waals surface area contributed by atoms with Crippen LogP contribution in [0.5, 0.6) is 0 Å². The van der Waals surface area contributed by atoms with E-state index in [1.807, 2.05) is 12.1 Å². The lowest BCUT2D eigenvalue weighted by Crippen LogP contribution is -2.46. The van der Waals surface area contributed by atoms with E-state index in [4.69, 9.17) is 23.2 Å². The van der Waals surface area contributed by atoms with Crippen LogP contribution >= 0.6 is 23.2 Å². The standard InChI is InChI=1S/C21H29Cl2N3O/c22-18-6-5-15(13-19(18)23)14-26-11-9-25(10-12-26)8-7-17-16-3-1-2-4-20(16)24-21(17)27/h5-6,13,16-17,20H,1-4,7-12,14H2,(H,24,27). The minimum Gasteiger partial charge on any atom is -0.353 e. The molecule has 1 aromatic carbocycles. The van der Waals surface area contributed by atoms with Crippen molar-refractivity contribution in [2.45, 2.75) is 44.7 Å².